The first kappa shape index (κ1) is 37.4. The number of ether oxygens (including phenoxy) is 4. The van der Waals surface area contributed by atoms with Gasteiger partial charge in [0, 0.05) is 31.1 Å². The second-order valence-electron chi connectivity index (χ2n) is 13.6. The Balaban J connectivity index is 1.37. The van der Waals surface area contributed by atoms with E-state index < -0.39 is 40.4 Å². The quantitative estimate of drug-likeness (QED) is 0.172. The number of fused-ring (bicyclic) bond motifs is 2. The highest BCUT2D eigenvalue weighted by Gasteiger charge is 2.49. The van der Waals surface area contributed by atoms with E-state index in [9.17, 15) is 18.3 Å². The van der Waals surface area contributed by atoms with Crippen LogP contribution in [0.5, 0.6) is 5.75 Å². The molecule has 0 saturated carbocycles. The lowest BCUT2D eigenvalue weighted by Crippen LogP contribution is -2.44. The van der Waals surface area contributed by atoms with Gasteiger partial charge in [0.15, 0.2) is 11.4 Å². The molecular weight excluding hydrogens is 669 g/mol. The summed E-state index contributed by atoms with van der Waals surface area (Å²) in [6, 6.07) is 12.5. The van der Waals surface area contributed by atoms with Gasteiger partial charge in [-0.05, 0) is 68.6 Å². The van der Waals surface area contributed by atoms with Gasteiger partial charge in [-0.15, -0.1) is 0 Å². The Morgan fingerprint density at radius 3 is 2.61 bits per heavy atom. The van der Waals surface area contributed by atoms with E-state index in [0.29, 0.717) is 24.3 Å². The molecule has 49 heavy (non-hydrogen) atoms. The van der Waals surface area contributed by atoms with E-state index in [2.05, 4.69) is 15.6 Å². The Bertz CT molecular complexity index is 1660. The minimum Gasteiger partial charge on any atom is -0.497 e. The summed E-state index contributed by atoms with van der Waals surface area (Å²) in [6.45, 7) is 11.3. The van der Waals surface area contributed by atoms with Gasteiger partial charge in [0.25, 0.3) is 0 Å². The number of aromatic nitrogens is 1. The molecule has 2 fully saturated rings. The Morgan fingerprint density at radius 1 is 1.12 bits per heavy atom. The van der Waals surface area contributed by atoms with Gasteiger partial charge in [-0.3, -0.25) is 4.79 Å². The molecule has 0 amide bonds. The average Bonchev–Trinajstić information content (AvgIpc) is 3.75. The van der Waals surface area contributed by atoms with E-state index in [4.69, 9.17) is 18.9 Å². The standard InChI is InChI=1S/C35H50N4O8S2/c1-7-36-28-19-45-34-33(28)30(20-46-34)47-32(41)15-24(13-23-9-8-10-25(14-23)44-6)29(40)18-39(17-21(2)3)49(42,43)26-11-12-27-31(16-26)48-35(38-27)37-22(4)5/h8-12,14,16,21-22,24,28-30,33-34,36,40H,7,13,15,17-20H2,1-6H3,(H,37,38)/t24-,28+,29-,30+,33+,34-/m1/s1. The molecule has 2 aliphatic rings. The number of hydrogen-bond acceptors (Lipinski definition) is 12. The third kappa shape index (κ3) is 9.29. The lowest BCUT2D eigenvalue weighted by molar-refractivity contribution is -0.153. The molecule has 2 saturated heterocycles. The number of esters is 1. The molecule has 12 nitrogen and oxygen atoms in total. The molecule has 1 aromatic heterocycles. The number of aliphatic hydroxyl groups excluding tert-OH is 1. The summed E-state index contributed by atoms with van der Waals surface area (Å²) < 4.78 is 53.4. The zero-order chi connectivity index (χ0) is 35.3. The maximum absolute atomic E-state index is 14.2. The van der Waals surface area contributed by atoms with E-state index >= 15 is 0 Å². The van der Waals surface area contributed by atoms with E-state index in [1.165, 1.54) is 15.6 Å². The Hall–Kier alpha value is -2.85. The van der Waals surface area contributed by atoms with Gasteiger partial charge in [-0.25, -0.2) is 13.4 Å². The summed E-state index contributed by atoms with van der Waals surface area (Å²) in [5, 5.41) is 19.2. The van der Waals surface area contributed by atoms with Crippen molar-refractivity contribution in [2.45, 2.75) is 82.9 Å². The maximum atomic E-state index is 14.2. The lowest BCUT2D eigenvalue weighted by Gasteiger charge is -2.30. The number of thiazole rings is 1. The molecule has 0 radical (unpaired) electrons. The summed E-state index contributed by atoms with van der Waals surface area (Å²) in [6.07, 6.45) is -1.92. The maximum Gasteiger partial charge on any atom is 0.306 e. The molecule has 0 aliphatic carbocycles. The van der Waals surface area contributed by atoms with Gasteiger partial charge in [0.1, 0.15) is 11.9 Å². The lowest BCUT2D eigenvalue weighted by atomic mass is 9.90. The second kappa shape index (κ2) is 16.4. The van der Waals surface area contributed by atoms with Crippen LogP contribution in [0.2, 0.25) is 0 Å². The van der Waals surface area contributed by atoms with Gasteiger partial charge in [-0.1, -0.05) is 44.2 Å². The molecule has 2 aliphatic heterocycles. The van der Waals surface area contributed by atoms with Crippen LogP contribution in [-0.4, -0.2) is 99.3 Å². The van der Waals surface area contributed by atoms with Crippen molar-refractivity contribution in [3.05, 3.63) is 48.0 Å². The number of methoxy groups -OCH3 is 1. The molecule has 14 heteroatoms. The summed E-state index contributed by atoms with van der Waals surface area (Å²) >= 11 is 1.40. The van der Waals surface area contributed by atoms with Crippen molar-refractivity contribution in [3.63, 3.8) is 0 Å². The van der Waals surface area contributed by atoms with Crippen molar-refractivity contribution in [3.8, 4) is 5.75 Å². The third-order valence-electron chi connectivity index (χ3n) is 8.80. The highest BCUT2D eigenvalue weighted by atomic mass is 32.2. The number of hydrogen-bond donors (Lipinski definition) is 3. The predicted octanol–water partition coefficient (Wildman–Crippen LogP) is 4.27. The first-order valence-electron chi connectivity index (χ1n) is 17.0. The number of nitrogens with zero attached hydrogens (tertiary/aromatic N) is 2. The average molecular weight is 719 g/mol. The normalized spacial score (nSPS) is 22.2. The molecule has 2 aromatic carbocycles. The van der Waals surface area contributed by atoms with Crippen LogP contribution in [0.1, 0.15) is 46.6 Å². The Morgan fingerprint density at radius 2 is 1.90 bits per heavy atom. The topological polar surface area (TPSA) is 149 Å². The van der Waals surface area contributed by atoms with Gasteiger partial charge in [-0.2, -0.15) is 4.31 Å². The van der Waals surface area contributed by atoms with Crippen LogP contribution in [0.25, 0.3) is 10.2 Å². The molecular formula is C35H50N4O8S2. The molecule has 0 unspecified atom stereocenters. The van der Waals surface area contributed by atoms with E-state index in [1.54, 1.807) is 25.3 Å². The number of nitrogens with one attached hydrogen (secondary N) is 2. The summed E-state index contributed by atoms with van der Waals surface area (Å²) in [7, 11) is -2.45. The molecule has 6 atom stereocenters. The molecule has 0 bridgehead atoms. The first-order chi connectivity index (χ1) is 23.4. The van der Waals surface area contributed by atoms with Crippen molar-refractivity contribution in [1.29, 1.82) is 0 Å². The van der Waals surface area contributed by atoms with Crippen LogP contribution in [-0.2, 0) is 35.4 Å². The summed E-state index contributed by atoms with van der Waals surface area (Å²) in [5.74, 6) is -0.645. The highest BCUT2D eigenvalue weighted by molar-refractivity contribution is 7.89. The second-order valence-corrected chi connectivity index (χ2v) is 16.5. The van der Waals surface area contributed by atoms with Gasteiger partial charge < -0.3 is 34.7 Å². The SMILES string of the molecule is CCN[C@H]1CO[C@@H]2OC[C@H](OC(=O)C[C@@H](Cc3cccc(OC)c3)[C@H](O)CN(CC(C)C)S(=O)(=O)c3ccc4nc(NC(C)C)sc4c3)[C@@H]21. The molecule has 5 rings (SSSR count). The number of anilines is 1. The fraction of sp³-hybridized carbons (Fsp3) is 0.600. The zero-order valence-electron chi connectivity index (χ0n) is 29.1. The van der Waals surface area contributed by atoms with Crippen molar-refractivity contribution in [1.82, 2.24) is 14.6 Å². The van der Waals surface area contributed by atoms with Crippen molar-refractivity contribution >= 4 is 42.7 Å². The number of benzene rings is 2. The van der Waals surface area contributed by atoms with Gasteiger partial charge >= 0.3 is 5.97 Å². The van der Waals surface area contributed by atoms with Crippen LogP contribution < -0.4 is 15.4 Å². The van der Waals surface area contributed by atoms with Crippen LogP contribution in [0.4, 0.5) is 5.13 Å². The smallest absolute Gasteiger partial charge is 0.306 e. The molecule has 3 heterocycles. The highest BCUT2D eigenvalue weighted by Crippen LogP contribution is 2.35. The number of sulfonamides is 1. The number of carbonyl (C=O) groups is 1. The van der Waals surface area contributed by atoms with Crippen molar-refractivity contribution in [2.24, 2.45) is 17.8 Å². The first-order valence-corrected chi connectivity index (χ1v) is 19.3. The monoisotopic (exact) mass is 718 g/mol. The summed E-state index contributed by atoms with van der Waals surface area (Å²) in [4.78, 5) is 18.2. The predicted molar refractivity (Wildman–Crippen MR) is 189 cm³/mol. The molecule has 3 N–H and O–H groups in total. The van der Waals surface area contributed by atoms with Crippen LogP contribution in [0.15, 0.2) is 47.4 Å². The Labute approximate surface area is 293 Å². The van der Waals surface area contributed by atoms with Crippen LogP contribution in [0, 0.1) is 17.8 Å². The van der Waals surface area contributed by atoms with Gasteiger partial charge in [0.2, 0.25) is 10.0 Å². The number of carbonyl (C=O) groups excluding carboxylic acids is 1. The molecule has 3 aromatic rings. The largest absolute Gasteiger partial charge is 0.497 e. The fourth-order valence-electron chi connectivity index (χ4n) is 6.51. The number of likely N-dealkylation sites (N-methyl/N-ethyl adjacent to an activating group) is 1. The molecule has 270 valence electrons. The third-order valence-corrected chi connectivity index (χ3v) is 11.6. The van der Waals surface area contributed by atoms with Gasteiger partial charge in [0.05, 0.1) is 53.9 Å². The zero-order valence-corrected chi connectivity index (χ0v) is 30.8. The Kier molecular flexibility index (Phi) is 12.6. The van der Waals surface area contributed by atoms with Crippen molar-refractivity contribution < 1.29 is 37.3 Å². The minimum atomic E-state index is -4.02. The molecule has 0 spiro atoms. The van der Waals surface area contributed by atoms with Crippen LogP contribution >= 0.6 is 11.3 Å². The fourth-order valence-corrected chi connectivity index (χ4v) is 9.28. The minimum absolute atomic E-state index is 0.00510. The van der Waals surface area contributed by atoms with E-state index in [1.807, 2.05) is 58.9 Å². The van der Waals surface area contributed by atoms with Crippen LogP contribution in [0.3, 0.4) is 0 Å². The summed E-state index contributed by atoms with van der Waals surface area (Å²) in [5.41, 5.74) is 1.55. The number of aliphatic hydroxyl groups is 1. The van der Waals surface area contributed by atoms with E-state index in [0.717, 1.165) is 21.9 Å². The van der Waals surface area contributed by atoms with Crippen molar-refractivity contribution in [2.75, 3.05) is 45.3 Å². The van der Waals surface area contributed by atoms with E-state index in [-0.39, 0.29) is 54.9 Å². The number of rotatable bonds is 17.